The van der Waals surface area contributed by atoms with Crippen molar-refractivity contribution in [3.05, 3.63) is 0 Å². The summed E-state index contributed by atoms with van der Waals surface area (Å²) in [6.07, 6.45) is -0.491. The van der Waals surface area contributed by atoms with Crippen LogP contribution in [0.25, 0.3) is 0 Å². The van der Waals surface area contributed by atoms with E-state index in [9.17, 15) is 15.0 Å². The zero-order valence-electron chi connectivity index (χ0n) is 12.1. The van der Waals surface area contributed by atoms with Crippen LogP contribution in [0.5, 0.6) is 0 Å². The topological polar surface area (TPSA) is 60.8 Å². The van der Waals surface area contributed by atoms with Gasteiger partial charge in [-0.15, -0.1) is 0 Å². The quantitative estimate of drug-likeness (QED) is 0.800. The molecule has 4 nitrogen and oxygen atoms in total. The van der Waals surface area contributed by atoms with Crippen molar-refractivity contribution in [2.75, 3.05) is 0 Å². The number of hydrogen-bond donors (Lipinski definition) is 2. The van der Waals surface area contributed by atoms with Crippen LogP contribution in [0.4, 0.5) is 4.79 Å². The number of carboxylic acid groups (broad SMARTS) is 1. The van der Waals surface area contributed by atoms with Gasteiger partial charge in [-0.1, -0.05) is 13.8 Å². The summed E-state index contributed by atoms with van der Waals surface area (Å²) in [7, 11) is 0. The molecule has 17 heavy (non-hydrogen) atoms. The Labute approximate surface area is 105 Å². The predicted octanol–water partition coefficient (Wildman–Crippen LogP) is 2.95. The van der Waals surface area contributed by atoms with Gasteiger partial charge in [0.25, 0.3) is 0 Å². The average molecular weight is 245 g/mol. The normalized spacial score (nSPS) is 14.9. The summed E-state index contributed by atoms with van der Waals surface area (Å²) in [4.78, 5) is 12.9. The molecule has 2 N–H and O–H groups in total. The van der Waals surface area contributed by atoms with Gasteiger partial charge < -0.3 is 15.1 Å². The van der Waals surface area contributed by atoms with Gasteiger partial charge >= 0.3 is 6.09 Å². The Bertz CT molecular complexity index is 261. The lowest BCUT2D eigenvalue weighted by molar-refractivity contribution is -0.00262. The molecule has 0 aromatic heterocycles. The number of amides is 1. The van der Waals surface area contributed by atoms with E-state index in [0.29, 0.717) is 6.42 Å². The smallest absolute Gasteiger partial charge is 0.407 e. The van der Waals surface area contributed by atoms with Crippen LogP contribution in [0, 0.1) is 5.92 Å². The second kappa shape index (κ2) is 5.25. The highest BCUT2D eigenvalue weighted by Crippen LogP contribution is 2.28. The van der Waals surface area contributed by atoms with E-state index in [-0.39, 0.29) is 12.0 Å². The summed E-state index contributed by atoms with van der Waals surface area (Å²) in [6, 6.07) is -0.188. The van der Waals surface area contributed by atoms with Crippen molar-refractivity contribution >= 4 is 6.09 Å². The molecule has 1 unspecified atom stereocenters. The van der Waals surface area contributed by atoms with Gasteiger partial charge in [-0.3, -0.25) is 0 Å². The molecule has 0 aromatic carbocycles. The molecule has 0 bridgehead atoms. The van der Waals surface area contributed by atoms with Crippen LogP contribution in [-0.2, 0) is 0 Å². The zero-order chi connectivity index (χ0) is 14.0. The van der Waals surface area contributed by atoms with Crippen LogP contribution in [0.2, 0.25) is 0 Å². The highest BCUT2D eigenvalue weighted by Gasteiger charge is 2.37. The fourth-order valence-corrected chi connectivity index (χ4v) is 2.06. The Hall–Kier alpha value is -0.770. The maximum atomic E-state index is 11.4. The molecule has 0 aliphatic heterocycles. The summed E-state index contributed by atoms with van der Waals surface area (Å²) in [5.74, 6) is 0.164. The molecule has 0 saturated heterocycles. The molecule has 4 heteroatoms. The Morgan fingerprint density at radius 3 is 1.76 bits per heavy atom. The standard InChI is InChI=1S/C13H27NO3/c1-9(2)10(8-13(6,7)17)14(11(15)16)12(3,4)5/h9-10,17H,8H2,1-7H3,(H,15,16). The van der Waals surface area contributed by atoms with Gasteiger partial charge in [-0.2, -0.15) is 0 Å². The van der Waals surface area contributed by atoms with Crippen molar-refractivity contribution < 1.29 is 15.0 Å². The average Bonchev–Trinajstić information content (AvgIpc) is 1.96. The first-order valence-corrected chi connectivity index (χ1v) is 6.11. The molecule has 102 valence electrons. The van der Waals surface area contributed by atoms with Crippen molar-refractivity contribution in [3.63, 3.8) is 0 Å². The van der Waals surface area contributed by atoms with Crippen molar-refractivity contribution in [2.45, 2.75) is 72.1 Å². The summed E-state index contributed by atoms with van der Waals surface area (Å²) < 4.78 is 0. The highest BCUT2D eigenvalue weighted by molar-refractivity contribution is 5.66. The number of aliphatic hydroxyl groups is 1. The molecule has 1 atom stereocenters. The Kier molecular flexibility index (Phi) is 5.02. The number of nitrogens with zero attached hydrogens (tertiary/aromatic N) is 1. The molecule has 0 spiro atoms. The van der Waals surface area contributed by atoms with Crippen LogP contribution in [-0.4, -0.2) is 38.4 Å². The minimum absolute atomic E-state index is 0.164. The first-order chi connectivity index (χ1) is 7.36. The highest BCUT2D eigenvalue weighted by atomic mass is 16.4. The van der Waals surface area contributed by atoms with Crippen LogP contribution in [0.15, 0.2) is 0 Å². The van der Waals surface area contributed by atoms with Gasteiger partial charge in [0.05, 0.1) is 5.60 Å². The minimum atomic E-state index is -0.930. The number of hydrogen-bond acceptors (Lipinski definition) is 2. The lowest BCUT2D eigenvalue weighted by Crippen LogP contribution is -2.54. The second-order valence-electron chi connectivity index (χ2n) is 6.65. The molecule has 0 radical (unpaired) electrons. The first-order valence-electron chi connectivity index (χ1n) is 6.11. The number of carbonyl (C=O) groups is 1. The van der Waals surface area contributed by atoms with Crippen LogP contribution in [0.3, 0.4) is 0 Å². The zero-order valence-corrected chi connectivity index (χ0v) is 12.1. The van der Waals surface area contributed by atoms with E-state index in [1.807, 2.05) is 34.6 Å². The van der Waals surface area contributed by atoms with Crippen molar-refractivity contribution in [1.29, 1.82) is 0 Å². The molecular weight excluding hydrogens is 218 g/mol. The maximum absolute atomic E-state index is 11.4. The SMILES string of the molecule is CC(C)C(CC(C)(C)O)N(C(=O)O)C(C)(C)C. The second-order valence-corrected chi connectivity index (χ2v) is 6.65. The molecule has 1 amide bonds. The third-order valence-electron chi connectivity index (χ3n) is 2.74. The fraction of sp³-hybridized carbons (Fsp3) is 0.923. The van der Waals surface area contributed by atoms with Crippen LogP contribution < -0.4 is 0 Å². The maximum Gasteiger partial charge on any atom is 0.407 e. The van der Waals surface area contributed by atoms with Crippen molar-refractivity contribution in [2.24, 2.45) is 5.92 Å². The molecule has 0 fully saturated rings. The monoisotopic (exact) mass is 245 g/mol. The lowest BCUT2D eigenvalue weighted by atomic mass is 9.88. The molecule has 0 heterocycles. The van der Waals surface area contributed by atoms with Crippen LogP contribution in [0.1, 0.15) is 54.9 Å². The Balaban J connectivity index is 5.20. The van der Waals surface area contributed by atoms with Crippen molar-refractivity contribution in [1.82, 2.24) is 4.90 Å². The number of rotatable bonds is 4. The lowest BCUT2D eigenvalue weighted by Gasteiger charge is -2.43. The third-order valence-corrected chi connectivity index (χ3v) is 2.74. The van der Waals surface area contributed by atoms with E-state index in [1.165, 1.54) is 4.90 Å². The first kappa shape index (κ1) is 16.2. The molecule has 0 aliphatic carbocycles. The van der Waals surface area contributed by atoms with Gasteiger partial charge in [-0.25, -0.2) is 4.79 Å². The molecule has 0 aromatic rings. The van der Waals surface area contributed by atoms with Crippen LogP contribution >= 0.6 is 0 Å². The van der Waals surface area contributed by atoms with Gasteiger partial charge in [-0.05, 0) is 47.0 Å². The minimum Gasteiger partial charge on any atom is -0.465 e. The largest absolute Gasteiger partial charge is 0.465 e. The van der Waals surface area contributed by atoms with E-state index >= 15 is 0 Å². The van der Waals surface area contributed by atoms with E-state index < -0.39 is 17.2 Å². The molecule has 0 rings (SSSR count). The van der Waals surface area contributed by atoms with Gasteiger partial charge in [0, 0.05) is 11.6 Å². The molecule has 0 saturated carbocycles. The predicted molar refractivity (Wildman–Crippen MR) is 69.2 cm³/mol. The summed E-state index contributed by atoms with van der Waals surface area (Å²) >= 11 is 0. The Morgan fingerprint density at radius 1 is 1.18 bits per heavy atom. The third kappa shape index (κ3) is 5.39. The summed E-state index contributed by atoms with van der Waals surface area (Å²) in [6.45, 7) is 13.0. The van der Waals surface area contributed by atoms with Crippen molar-refractivity contribution in [3.8, 4) is 0 Å². The van der Waals surface area contributed by atoms with Gasteiger partial charge in [0.2, 0.25) is 0 Å². The van der Waals surface area contributed by atoms with E-state index in [2.05, 4.69) is 0 Å². The molecular formula is C13H27NO3. The van der Waals surface area contributed by atoms with Gasteiger partial charge in [0.1, 0.15) is 0 Å². The van der Waals surface area contributed by atoms with Gasteiger partial charge in [0.15, 0.2) is 0 Å². The summed E-state index contributed by atoms with van der Waals surface area (Å²) in [5, 5.41) is 19.3. The molecule has 0 aliphatic rings. The fourth-order valence-electron chi connectivity index (χ4n) is 2.06. The van der Waals surface area contributed by atoms with E-state index in [4.69, 9.17) is 0 Å². The van der Waals surface area contributed by atoms with E-state index in [0.717, 1.165) is 0 Å². The van der Waals surface area contributed by atoms with E-state index in [1.54, 1.807) is 13.8 Å². The Morgan fingerprint density at radius 2 is 1.59 bits per heavy atom. The summed E-state index contributed by atoms with van der Waals surface area (Å²) in [5.41, 5.74) is -1.33.